The summed E-state index contributed by atoms with van der Waals surface area (Å²) in [6, 6.07) is 9.86. The molecule has 0 amide bonds. The van der Waals surface area contributed by atoms with Gasteiger partial charge in [0.2, 0.25) is 0 Å². The van der Waals surface area contributed by atoms with Crippen molar-refractivity contribution in [1.82, 2.24) is 0 Å². The summed E-state index contributed by atoms with van der Waals surface area (Å²) >= 11 is 0. The number of allylic oxidation sites excluding steroid dienone is 2. The average Bonchev–Trinajstić information content (AvgIpc) is 2.20. The molecule has 1 aromatic carbocycles. The summed E-state index contributed by atoms with van der Waals surface area (Å²) in [5.74, 6) is 0. The highest BCUT2D eigenvalue weighted by molar-refractivity contribution is 6.22. The van der Waals surface area contributed by atoms with Crippen LogP contribution in [-0.2, 0) is 0 Å². The molecular weight excluding hydrogens is 162 g/mol. The Morgan fingerprint density at radius 2 is 1.92 bits per heavy atom. The van der Waals surface area contributed by atoms with E-state index >= 15 is 0 Å². The summed E-state index contributed by atoms with van der Waals surface area (Å²) in [5.41, 5.74) is 2.66. The molecule has 13 heavy (non-hydrogen) atoms. The van der Waals surface area contributed by atoms with Gasteiger partial charge in [-0.3, -0.25) is 0 Å². The summed E-state index contributed by atoms with van der Waals surface area (Å²) in [4.78, 5) is 0. The molecule has 0 atom stereocenters. The number of rotatable bonds is 2. The van der Waals surface area contributed by atoms with Gasteiger partial charge >= 0.3 is 0 Å². The summed E-state index contributed by atoms with van der Waals surface area (Å²) in [7, 11) is 0. The summed E-state index contributed by atoms with van der Waals surface area (Å²) in [6.07, 6.45) is 1.93. The second-order valence-corrected chi connectivity index (χ2v) is 2.75. The van der Waals surface area contributed by atoms with Crippen LogP contribution in [0.3, 0.4) is 0 Å². The third kappa shape index (κ3) is 2.18. The first-order chi connectivity index (χ1) is 6.29. The first-order valence-corrected chi connectivity index (χ1v) is 4.20. The van der Waals surface area contributed by atoms with E-state index < -0.39 is 0 Å². The van der Waals surface area contributed by atoms with Gasteiger partial charge in [0.15, 0.2) is 0 Å². The van der Waals surface area contributed by atoms with Gasteiger partial charge in [-0.05, 0) is 19.4 Å². The Labute approximate surface area is 78.2 Å². The molecule has 0 aromatic heterocycles. The van der Waals surface area contributed by atoms with E-state index in [4.69, 9.17) is 5.21 Å². The summed E-state index contributed by atoms with van der Waals surface area (Å²) < 4.78 is 0. The number of oxime groups is 1. The van der Waals surface area contributed by atoms with Crippen LogP contribution in [0.4, 0.5) is 0 Å². The zero-order valence-electron chi connectivity index (χ0n) is 7.86. The molecule has 0 heterocycles. The lowest BCUT2D eigenvalue weighted by Gasteiger charge is -2.04. The van der Waals surface area contributed by atoms with Gasteiger partial charge in [0.05, 0.1) is 5.71 Å². The number of hydrogen-bond acceptors (Lipinski definition) is 2. The molecule has 1 rings (SSSR count). The molecule has 0 aliphatic rings. The van der Waals surface area contributed by atoms with Crippen LogP contribution in [0.1, 0.15) is 19.4 Å². The van der Waals surface area contributed by atoms with E-state index in [1.165, 1.54) is 0 Å². The highest BCUT2D eigenvalue weighted by atomic mass is 16.4. The van der Waals surface area contributed by atoms with E-state index in [0.29, 0.717) is 5.71 Å². The first-order valence-electron chi connectivity index (χ1n) is 4.20. The van der Waals surface area contributed by atoms with Gasteiger partial charge in [-0.25, -0.2) is 0 Å². The Morgan fingerprint density at radius 1 is 1.31 bits per heavy atom. The van der Waals surface area contributed by atoms with Crippen LogP contribution in [-0.4, -0.2) is 10.9 Å². The average molecular weight is 175 g/mol. The van der Waals surface area contributed by atoms with Gasteiger partial charge in [0.25, 0.3) is 0 Å². The second kappa shape index (κ2) is 4.45. The summed E-state index contributed by atoms with van der Waals surface area (Å²) in [5, 5.41) is 11.8. The highest BCUT2D eigenvalue weighted by Gasteiger charge is 2.02. The molecule has 0 bridgehead atoms. The van der Waals surface area contributed by atoms with Gasteiger partial charge in [-0.1, -0.05) is 41.6 Å². The van der Waals surface area contributed by atoms with Gasteiger partial charge in [-0.15, -0.1) is 0 Å². The van der Waals surface area contributed by atoms with E-state index in [1.807, 2.05) is 43.3 Å². The van der Waals surface area contributed by atoms with E-state index in [-0.39, 0.29) is 0 Å². The maximum absolute atomic E-state index is 8.64. The fourth-order valence-corrected chi connectivity index (χ4v) is 1.26. The molecule has 0 spiro atoms. The van der Waals surface area contributed by atoms with Crippen molar-refractivity contribution in [2.24, 2.45) is 5.16 Å². The third-order valence-electron chi connectivity index (χ3n) is 1.91. The first kappa shape index (κ1) is 9.52. The largest absolute Gasteiger partial charge is 0.411 e. The minimum atomic E-state index is 0.633. The third-order valence-corrected chi connectivity index (χ3v) is 1.91. The topological polar surface area (TPSA) is 32.6 Å². The minimum Gasteiger partial charge on any atom is -0.411 e. The molecule has 0 fully saturated rings. The van der Waals surface area contributed by atoms with Crippen LogP contribution in [0.2, 0.25) is 0 Å². The SMILES string of the molecule is C/C=C(/C(C)=NO)c1ccccc1. The van der Waals surface area contributed by atoms with Crippen molar-refractivity contribution in [3.05, 3.63) is 42.0 Å². The van der Waals surface area contributed by atoms with Crippen molar-refractivity contribution in [2.45, 2.75) is 13.8 Å². The van der Waals surface area contributed by atoms with Crippen molar-refractivity contribution >= 4 is 11.3 Å². The Morgan fingerprint density at radius 3 is 2.38 bits per heavy atom. The Bertz CT molecular complexity index is 325. The Kier molecular flexibility index (Phi) is 3.26. The lowest BCUT2D eigenvalue weighted by molar-refractivity contribution is 0.319. The molecule has 0 aliphatic heterocycles. The Hall–Kier alpha value is -1.57. The van der Waals surface area contributed by atoms with Crippen molar-refractivity contribution in [3.63, 3.8) is 0 Å². The molecule has 2 nitrogen and oxygen atoms in total. The maximum Gasteiger partial charge on any atom is 0.0839 e. The van der Waals surface area contributed by atoms with Crippen LogP contribution in [0.5, 0.6) is 0 Å². The molecule has 0 saturated carbocycles. The second-order valence-electron chi connectivity index (χ2n) is 2.75. The monoisotopic (exact) mass is 175 g/mol. The molecular formula is C11H13NO. The van der Waals surface area contributed by atoms with Crippen molar-refractivity contribution < 1.29 is 5.21 Å². The predicted molar refractivity (Wildman–Crippen MR) is 55.0 cm³/mol. The number of nitrogens with zero attached hydrogens (tertiary/aromatic N) is 1. The van der Waals surface area contributed by atoms with Gasteiger partial charge in [0, 0.05) is 5.57 Å². The molecule has 1 aromatic rings. The van der Waals surface area contributed by atoms with Gasteiger partial charge < -0.3 is 5.21 Å². The van der Waals surface area contributed by atoms with Crippen LogP contribution < -0.4 is 0 Å². The quantitative estimate of drug-likeness (QED) is 0.418. The smallest absolute Gasteiger partial charge is 0.0839 e. The van der Waals surface area contributed by atoms with Gasteiger partial charge in [-0.2, -0.15) is 0 Å². The van der Waals surface area contributed by atoms with Crippen LogP contribution in [0.15, 0.2) is 41.6 Å². The lowest BCUT2D eigenvalue weighted by Crippen LogP contribution is -1.96. The fraction of sp³-hybridized carbons (Fsp3) is 0.182. The minimum absolute atomic E-state index is 0.633. The van der Waals surface area contributed by atoms with Crippen molar-refractivity contribution in [2.75, 3.05) is 0 Å². The van der Waals surface area contributed by atoms with E-state index in [0.717, 1.165) is 11.1 Å². The maximum atomic E-state index is 8.64. The van der Waals surface area contributed by atoms with Crippen molar-refractivity contribution in [1.29, 1.82) is 0 Å². The van der Waals surface area contributed by atoms with E-state index in [2.05, 4.69) is 5.16 Å². The van der Waals surface area contributed by atoms with Crippen LogP contribution in [0, 0.1) is 0 Å². The zero-order chi connectivity index (χ0) is 9.68. The predicted octanol–water partition coefficient (Wildman–Crippen LogP) is 2.94. The number of hydrogen-bond donors (Lipinski definition) is 1. The Balaban J connectivity index is 3.07. The fourth-order valence-electron chi connectivity index (χ4n) is 1.26. The molecule has 0 unspecified atom stereocenters. The summed E-state index contributed by atoms with van der Waals surface area (Å²) in [6.45, 7) is 3.71. The highest BCUT2D eigenvalue weighted by Crippen LogP contribution is 2.15. The van der Waals surface area contributed by atoms with Gasteiger partial charge in [0.1, 0.15) is 0 Å². The lowest BCUT2D eigenvalue weighted by atomic mass is 10.0. The molecule has 0 radical (unpaired) electrons. The molecule has 0 saturated heterocycles. The van der Waals surface area contributed by atoms with Crippen LogP contribution in [0.25, 0.3) is 5.57 Å². The van der Waals surface area contributed by atoms with E-state index in [9.17, 15) is 0 Å². The molecule has 68 valence electrons. The number of benzene rings is 1. The zero-order valence-corrected chi connectivity index (χ0v) is 7.86. The molecule has 1 N–H and O–H groups in total. The normalized spacial score (nSPS) is 13.1. The standard InChI is InChI=1S/C11H13NO/c1-3-11(9(2)12-13)10-7-5-4-6-8-10/h3-8,13H,1-2H3/b11-3-,12-9?. The van der Waals surface area contributed by atoms with E-state index in [1.54, 1.807) is 6.92 Å². The van der Waals surface area contributed by atoms with Crippen LogP contribution >= 0.6 is 0 Å². The van der Waals surface area contributed by atoms with Crippen molar-refractivity contribution in [3.8, 4) is 0 Å². The molecule has 0 aliphatic carbocycles. The molecule has 2 heteroatoms.